The molecule has 0 aromatic heterocycles. The van der Waals surface area contributed by atoms with E-state index < -0.39 is 42.2 Å². The first-order valence-corrected chi connectivity index (χ1v) is 8.47. The number of esters is 2. The molecule has 0 spiro atoms. The molecule has 0 aliphatic carbocycles. The van der Waals surface area contributed by atoms with Crippen molar-refractivity contribution >= 4 is 23.9 Å². The smallest absolute Gasteiger partial charge is 0.416 e. The van der Waals surface area contributed by atoms with Gasteiger partial charge in [-0.1, -0.05) is 32.4 Å². The van der Waals surface area contributed by atoms with Crippen molar-refractivity contribution in [3.8, 4) is 0 Å². The lowest BCUT2D eigenvalue weighted by Crippen LogP contribution is -2.47. The second kappa shape index (κ2) is 10.5. The van der Waals surface area contributed by atoms with E-state index in [1.165, 1.54) is 19.2 Å². The highest BCUT2D eigenvalue weighted by Gasteiger charge is 2.30. The lowest BCUT2D eigenvalue weighted by molar-refractivity contribution is -0.148. The number of methoxy groups -OCH3 is 1. The summed E-state index contributed by atoms with van der Waals surface area (Å²) in [4.78, 5) is 35.3. The van der Waals surface area contributed by atoms with Gasteiger partial charge in [-0.2, -0.15) is 13.2 Å². The van der Waals surface area contributed by atoms with E-state index in [0.29, 0.717) is 6.42 Å². The van der Waals surface area contributed by atoms with Crippen LogP contribution < -0.4 is 5.32 Å². The Balaban J connectivity index is 2.61. The van der Waals surface area contributed by atoms with Gasteiger partial charge in [-0.3, -0.25) is 4.79 Å². The molecule has 0 saturated heterocycles. The fourth-order valence-electron chi connectivity index (χ4n) is 2.18. The van der Waals surface area contributed by atoms with E-state index in [1.54, 1.807) is 6.92 Å². The molecule has 0 saturated carbocycles. The molecule has 1 aromatic rings. The van der Waals surface area contributed by atoms with Crippen LogP contribution in [0.4, 0.5) is 13.2 Å². The number of nitrogens with one attached hydrogen (secondary N) is 1. The van der Waals surface area contributed by atoms with Gasteiger partial charge in [0.15, 0.2) is 6.61 Å². The number of carbonyl (C=O) groups excluding carboxylic acids is 3. The summed E-state index contributed by atoms with van der Waals surface area (Å²) in [6, 6.07) is 3.52. The average molecular weight is 401 g/mol. The van der Waals surface area contributed by atoms with Crippen LogP contribution in [0.1, 0.15) is 31.4 Å². The van der Waals surface area contributed by atoms with Crippen molar-refractivity contribution in [3.05, 3.63) is 41.5 Å². The highest BCUT2D eigenvalue weighted by atomic mass is 19.4. The maximum Gasteiger partial charge on any atom is 0.416 e. The molecule has 6 nitrogen and oxygen atoms in total. The Morgan fingerprint density at radius 2 is 1.93 bits per heavy atom. The maximum atomic E-state index is 12.7. The van der Waals surface area contributed by atoms with Crippen LogP contribution in [-0.4, -0.2) is 37.6 Å². The monoisotopic (exact) mass is 401 g/mol. The molecule has 9 heteroatoms. The van der Waals surface area contributed by atoms with E-state index in [1.807, 2.05) is 6.92 Å². The van der Waals surface area contributed by atoms with E-state index >= 15 is 0 Å². The molecule has 0 radical (unpaired) electrons. The first-order valence-electron chi connectivity index (χ1n) is 8.47. The van der Waals surface area contributed by atoms with Crippen molar-refractivity contribution in [1.29, 1.82) is 0 Å². The summed E-state index contributed by atoms with van der Waals surface area (Å²) in [5, 5.41) is 2.43. The molecule has 154 valence electrons. The summed E-state index contributed by atoms with van der Waals surface area (Å²) in [5.41, 5.74) is -0.694. The summed E-state index contributed by atoms with van der Waals surface area (Å²) in [6.45, 7) is 2.95. The second-order valence-electron chi connectivity index (χ2n) is 6.02. The van der Waals surface area contributed by atoms with E-state index in [0.717, 1.165) is 24.3 Å². The molecule has 0 aliphatic heterocycles. The summed E-state index contributed by atoms with van der Waals surface area (Å²) >= 11 is 0. The first kappa shape index (κ1) is 23.2. The van der Waals surface area contributed by atoms with Gasteiger partial charge in [0.1, 0.15) is 6.04 Å². The number of benzene rings is 1. The minimum atomic E-state index is -4.49. The van der Waals surface area contributed by atoms with Crippen molar-refractivity contribution in [1.82, 2.24) is 5.32 Å². The quantitative estimate of drug-likeness (QED) is 0.535. The number of hydrogen-bond acceptors (Lipinski definition) is 5. The molecule has 2 atom stereocenters. The predicted molar refractivity (Wildman–Crippen MR) is 94.8 cm³/mol. The molecule has 1 aromatic carbocycles. The van der Waals surface area contributed by atoms with Gasteiger partial charge in [-0.05, 0) is 29.7 Å². The van der Waals surface area contributed by atoms with Gasteiger partial charge >= 0.3 is 18.1 Å². The van der Waals surface area contributed by atoms with Gasteiger partial charge in [0.25, 0.3) is 5.91 Å². The Bertz CT molecular complexity index is 731. The van der Waals surface area contributed by atoms with Crippen molar-refractivity contribution < 1.29 is 37.0 Å². The standard InChI is InChI=1S/C19H22F3NO5/c1-4-12(2)17(18(26)27-3)23-15(24)11-28-16(25)9-8-13-6-5-7-14(10-13)19(20,21)22/h5-10,12,17H,4,11H2,1-3H3,(H,23,24)/b9-8+/t12-,17-/m0/s1. The topological polar surface area (TPSA) is 81.7 Å². The minimum Gasteiger partial charge on any atom is -0.467 e. The van der Waals surface area contributed by atoms with Crippen molar-refractivity contribution in [2.75, 3.05) is 13.7 Å². The first-order chi connectivity index (χ1) is 13.1. The fourth-order valence-corrected chi connectivity index (χ4v) is 2.18. The molecular weight excluding hydrogens is 379 g/mol. The number of carbonyl (C=O) groups is 3. The molecule has 0 aliphatic rings. The largest absolute Gasteiger partial charge is 0.467 e. The van der Waals surface area contributed by atoms with Gasteiger partial charge < -0.3 is 14.8 Å². The van der Waals surface area contributed by atoms with Gasteiger partial charge in [0, 0.05) is 6.08 Å². The molecule has 0 heterocycles. The van der Waals surface area contributed by atoms with Crippen LogP contribution in [0.2, 0.25) is 0 Å². The fraction of sp³-hybridized carbons (Fsp3) is 0.421. The van der Waals surface area contributed by atoms with Crippen LogP contribution in [0, 0.1) is 5.92 Å². The zero-order valence-electron chi connectivity index (χ0n) is 15.7. The number of halogens is 3. The Morgan fingerprint density at radius 3 is 2.50 bits per heavy atom. The number of amides is 1. The van der Waals surface area contributed by atoms with Crippen LogP contribution in [-0.2, 0) is 30.0 Å². The molecule has 0 bridgehead atoms. The van der Waals surface area contributed by atoms with Gasteiger partial charge in [0.2, 0.25) is 0 Å². The third-order valence-corrected chi connectivity index (χ3v) is 3.96. The summed E-state index contributed by atoms with van der Waals surface area (Å²) in [7, 11) is 1.20. The molecule has 28 heavy (non-hydrogen) atoms. The van der Waals surface area contributed by atoms with Gasteiger partial charge in [-0.25, -0.2) is 9.59 Å². The van der Waals surface area contributed by atoms with Crippen LogP contribution in [0.5, 0.6) is 0 Å². The lowest BCUT2D eigenvalue weighted by atomic mass is 9.99. The molecule has 1 amide bonds. The van der Waals surface area contributed by atoms with Gasteiger partial charge in [-0.15, -0.1) is 0 Å². The number of ether oxygens (including phenoxy) is 2. The molecule has 1 rings (SSSR count). The van der Waals surface area contributed by atoms with Crippen LogP contribution in [0.3, 0.4) is 0 Å². The minimum absolute atomic E-state index is 0.152. The average Bonchev–Trinajstić information content (AvgIpc) is 2.67. The third kappa shape index (κ3) is 7.42. The number of rotatable bonds is 8. The molecule has 0 fully saturated rings. The van der Waals surface area contributed by atoms with Crippen LogP contribution >= 0.6 is 0 Å². The number of alkyl halides is 3. The Hall–Kier alpha value is -2.84. The Morgan fingerprint density at radius 1 is 1.25 bits per heavy atom. The zero-order chi connectivity index (χ0) is 21.3. The van der Waals surface area contributed by atoms with Crippen molar-refractivity contribution in [2.24, 2.45) is 5.92 Å². The van der Waals surface area contributed by atoms with Crippen molar-refractivity contribution in [2.45, 2.75) is 32.5 Å². The summed E-state index contributed by atoms with van der Waals surface area (Å²) in [5.74, 6) is -2.41. The van der Waals surface area contributed by atoms with Crippen molar-refractivity contribution in [3.63, 3.8) is 0 Å². The summed E-state index contributed by atoms with van der Waals surface area (Å²) in [6.07, 6.45) is -1.82. The summed E-state index contributed by atoms with van der Waals surface area (Å²) < 4.78 is 47.3. The predicted octanol–water partition coefficient (Wildman–Crippen LogP) is 2.97. The Kier molecular flexibility index (Phi) is 8.69. The van der Waals surface area contributed by atoms with E-state index in [9.17, 15) is 27.6 Å². The normalized spacial score (nSPS) is 13.6. The lowest BCUT2D eigenvalue weighted by Gasteiger charge is -2.21. The van der Waals surface area contributed by atoms with E-state index in [-0.39, 0.29) is 11.5 Å². The molecule has 0 unspecified atom stereocenters. The van der Waals surface area contributed by atoms with Crippen LogP contribution in [0.25, 0.3) is 6.08 Å². The zero-order valence-corrected chi connectivity index (χ0v) is 15.7. The van der Waals surface area contributed by atoms with E-state index in [2.05, 4.69) is 10.1 Å². The maximum absolute atomic E-state index is 12.7. The van der Waals surface area contributed by atoms with E-state index in [4.69, 9.17) is 4.74 Å². The SMILES string of the molecule is CC[C@H](C)[C@H](NC(=O)COC(=O)/C=C/c1cccc(C(F)(F)F)c1)C(=O)OC. The highest BCUT2D eigenvalue weighted by molar-refractivity contribution is 5.90. The highest BCUT2D eigenvalue weighted by Crippen LogP contribution is 2.29. The Labute approximate surface area is 160 Å². The third-order valence-electron chi connectivity index (χ3n) is 3.96. The number of hydrogen-bond donors (Lipinski definition) is 1. The molecular formula is C19H22F3NO5. The second-order valence-corrected chi connectivity index (χ2v) is 6.02. The molecule has 1 N–H and O–H groups in total. The van der Waals surface area contributed by atoms with Gasteiger partial charge in [0.05, 0.1) is 12.7 Å². The van der Waals surface area contributed by atoms with Crippen LogP contribution in [0.15, 0.2) is 30.3 Å².